The van der Waals surface area contributed by atoms with Crippen LogP contribution in [0.15, 0.2) is 52.1 Å². The lowest BCUT2D eigenvalue weighted by Gasteiger charge is -2.08. The summed E-state index contributed by atoms with van der Waals surface area (Å²) in [5.41, 5.74) is 4.25. The normalized spacial score (nSPS) is 10.9. The van der Waals surface area contributed by atoms with E-state index in [-0.39, 0.29) is 18.3 Å². The van der Waals surface area contributed by atoms with Crippen molar-refractivity contribution >= 4 is 23.4 Å². The quantitative estimate of drug-likeness (QED) is 0.519. The van der Waals surface area contributed by atoms with Crippen LogP contribution in [0.1, 0.15) is 42.3 Å². The third-order valence-electron chi connectivity index (χ3n) is 4.54. The fourth-order valence-corrected chi connectivity index (χ4v) is 3.23. The van der Waals surface area contributed by atoms with Gasteiger partial charge in [0.1, 0.15) is 5.75 Å². The molecule has 0 aliphatic rings. The Kier molecular flexibility index (Phi) is 6.93. The van der Waals surface area contributed by atoms with Gasteiger partial charge in [0.25, 0.3) is 11.1 Å². The van der Waals surface area contributed by atoms with Gasteiger partial charge < -0.3 is 14.5 Å². The minimum atomic E-state index is -0.126. The number of hydrogen-bond acceptors (Lipinski definition) is 6. The molecule has 1 heterocycles. The van der Waals surface area contributed by atoms with Gasteiger partial charge in [-0.05, 0) is 54.7 Å². The van der Waals surface area contributed by atoms with E-state index in [9.17, 15) is 4.79 Å². The molecule has 3 rings (SSSR count). The molecule has 0 bridgehead atoms. The molecule has 29 heavy (non-hydrogen) atoms. The zero-order valence-corrected chi connectivity index (χ0v) is 17.9. The topological polar surface area (TPSA) is 77.2 Å². The molecule has 0 saturated heterocycles. The Morgan fingerprint density at radius 1 is 1.14 bits per heavy atom. The van der Waals surface area contributed by atoms with E-state index in [0.29, 0.717) is 17.0 Å². The van der Waals surface area contributed by atoms with Gasteiger partial charge in [0.05, 0.1) is 5.75 Å². The summed E-state index contributed by atoms with van der Waals surface area (Å²) in [5, 5.41) is 11.2. The van der Waals surface area contributed by atoms with Gasteiger partial charge in [-0.1, -0.05) is 49.9 Å². The number of nitrogens with one attached hydrogen (secondary N) is 1. The van der Waals surface area contributed by atoms with Crippen LogP contribution >= 0.6 is 11.8 Å². The van der Waals surface area contributed by atoms with Gasteiger partial charge in [-0.2, -0.15) is 0 Å². The molecule has 1 aromatic heterocycles. The molecule has 2 aromatic carbocycles. The van der Waals surface area contributed by atoms with Crippen molar-refractivity contribution in [2.24, 2.45) is 0 Å². The third kappa shape index (κ3) is 5.84. The Labute approximate surface area is 175 Å². The number of benzene rings is 2. The average Bonchev–Trinajstić information content (AvgIpc) is 3.16. The number of aromatic nitrogens is 2. The first kappa shape index (κ1) is 20.9. The number of hydrogen-bond donors (Lipinski definition) is 1. The fraction of sp³-hybridized carbons (Fsp3) is 0.318. The second-order valence-corrected chi connectivity index (χ2v) is 7.99. The maximum Gasteiger partial charge on any atom is 0.277 e. The second-order valence-electron chi connectivity index (χ2n) is 7.06. The predicted molar refractivity (Wildman–Crippen MR) is 114 cm³/mol. The zero-order valence-electron chi connectivity index (χ0n) is 17.1. The van der Waals surface area contributed by atoms with E-state index in [1.807, 2.05) is 56.3 Å². The van der Waals surface area contributed by atoms with Crippen LogP contribution in [0.25, 0.3) is 0 Å². The molecule has 1 N–H and O–H groups in total. The van der Waals surface area contributed by atoms with Gasteiger partial charge in [0, 0.05) is 5.69 Å². The van der Waals surface area contributed by atoms with E-state index in [0.717, 1.165) is 22.6 Å². The molecule has 0 spiro atoms. The van der Waals surface area contributed by atoms with Crippen LogP contribution in [-0.4, -0.2) is 21.9 Å². The fourth-order valence-electron chi connectivity index (χ4n) is 2.65. The number of aryl methyl sites for hydroxylation is 1. The van der Waals surface area contributed by atoms with E-state index in [4.69, 9.17) is 9.15 Å². The van der Waals surface area contributed by atoms with Crippen LogP contribution in [0.4, 0.5) is 5.69 Å². The van der Waals surface area contributed by atoms with Crippen LogP contribution in [0.5, 0.6) is 5.75 Å². The van der Waals surface area contributed by atoms with Gasteiger partial charge in [0.2, 0.25) is 5.91 Å². The Morgan fingerprint density at radius 2 is 1.90 bits per heavy atom. The largest absolute Gasteiger partial charge is 0.484 e. The molecule has 0 radical (unpaired) electrons. The monoisotopic (exact) mass is 411 g/mol. The Balaban J connectivity index is 1.47. The average molecular weight is 412 g/mol. The minimum Gasteiger partial charge on any atom is -0.484 e. The number of ether oxygens (including phenoxy) is 1. The smallest absolute Gasteiger partial charge is 0.277 e. The molecule has 3 aromatic rings. The van der Waals surface area contributed by atoms with Crippen LogP contribution in [0.3, 0.4) is 0 Å². The molecule has 7 heteroatoms. The van der Waals surface area contributed by atoms with E-state index in [2.05, 4.69) is 29.4 Å². The van der Waals surface area contributed by atoms with Crippen molar-refractivity contribution in [1.29, 1.82) is 0 Å². The van der Waals surface area contributed by atoms with Gasteiger partial charge >= 0.3 is 0 Å². The van der Waals surface area contributed by atoms with Gasteiger partial charge in [-0.25, -0.2) is 0 Å². The summed E-state index contributed by atoms with van der Waals surface area (Å²) in [6.07, 6.45) is 0. The first-order valence-electron chi connectivity index (χ1n) is 9.46. The molecular formula is C22H25N3O3S. The highest BCUT2D eigenvalue weighted by molar-refractivity contribution is 7.99. The van der Waals surface area contributed by atoms with Crippen LogP contribution < -0.4 is 10.1 Å². The van der Waals surface area contributed by atoms with Crippen molar-refractivity contribution in [3.05, 3.63) is 65.0 Å². The molecule has 152 valence electrons. The predicted octanol–water partition coefficient (Wildman–Crippen LogP) is 5.12. The van der Waals surface area contributed by atoms with Gasteiger partial charge in [-0.15, -0.1) is 10.2 Å². The van der Waals surface area contributed by atoms with Crippen LogP contribution in [0.2, 0.25) is 0 Å². The lowest BCUT2D eigenvalue weighted by Crippen LogP contribution is -2.14. The second kappa shape index (κ2) is 9.60. The molecule has 0 aliphatic carbocycles. The number of carbonyl (C=O) groups excluding carboxylic acids is 1. The third-order valence-corrected chi connectivity index (χ3v) is 5.36. The summed E-state index contributed by atoms with van der Waals surface area (Å²) in [6.45, 7) is 8.50. The lowest BCUT2D eigenvalue weighted by atomic mass is 10.0. The zero-order chi connectivity index (χ0) is 20.8. The highest BCUT2D eigenvalue weighted by Gasteiger charge is 2.11. The number of anilines is 1. The molecule has 0 fully saturated rings. The highest BCUT2D eigenvalue weighted by atomic mass is 32.2. The maximum atomic E-state index is 12.1. The van der Waals surface area contributed by atoms with E-state index < -0.39 is 0 Å². The number of carbonyl (C=O) groups is 1. The molecule has 0 aliphatic heterocycles. The highest BCUT2D eigenvalue weighted by Crippen LogP contribution is 2.23. The van der Waals surface area contributed by atoms with Crippen molar-refractivity contribution < 1.29 is 13.9 Å². The summed E-state index contributed by atoms with van der Waals surface area (Å²) in [5.74, 6) is 1.68. The maximum absolute atomic E-state index is 12.1. The van der Waals surface area contributed by atoms with Crippen molar-refractivity contribution in [2.75, 3.05) is 11.1 Å². The first-order valence-corrected chi connectivity index (χ1v) is 10.4. The molecule has 6 nitrogen and oxygen atoms in total. The Morgan fingerprint density at radius 3 is 2.62 bits per heavy atom. The van der Waals surface area contributed by atoms with Crippen molar-refractivity contribution in [3.8, 4) is 5.75 Å². The molecule has 1 amide bonds. The van der Waals surface area contributed by atoms with E-state index >= 15 is 0 Å². The number of rotatable bonds is 8. The summed E-state index contributed by atoms with van der Waals surface area (Å²) >= 11 is 1.20. The Bertz CT molecular complexity index is 968. The molecule has 0 atom stereocenters. The van der Waals surface area contributed by atoms with Gasteiger partial charge in [0.15, 0.2) is 6.61 Å². The molecular weight excluding hydrogens is 386 g/mol. The number of thioether (sulfide) groups is 1. The summed E-state index contributed by atoms with van der Waals surface area (Å²) in [7, 11) is 0. The van der Waals surface area contributed by atoms with Gasteiger partial charge in [-0.3, -0.25) is 4.79 Å². The van der Waals surface area contributed by atoms with Crippen molar-refractivity contribution in [3.63, 3.8) is 0 Å². The van der Waals surface area contributed by atoms with E-state index in [1.165, 1.54) is 17.3 Å². The summed E-state index contributed by atoms with van der Waals surface area (Å²) < 4.78 is 11.3. The van der Waals surface area contributed by atoms with Crippen LogP contribution in [0, 0.1) is 13.8 Å². The SMILES string of the molecule is Cc1cccc(OCc2nnc(SCC(=O)Nc3ccc(C(C)C)cc3)o2)c1C. The Hall–Kier alpha value is -2.80. The molecule has 0 unspecified atom stereocenters. The standard InChI is InChI=1S/C22H25N3O3S/c1-14(2)17-8-10-18(11-9-17)23-20(26)13-29-22-25-24-21(28-22)12-27-19-7-5-6-15(3)16(19)4/h5-11,14H,12-13H2,1-4H3,(H,23,26). The number of amides is 1. The lowest BCUT2D eigenvalue weighted by molar-refractivity contribution is -0.113. The van der Waals surface area contributed by atoms with Crippen molar-refractivity contribution in [1.82, 2.24) is 10.2 Å². The van der Waals surface area contributed by atoms with Crippen molar-refractivity contribution in [2.45, 2.75) is 45.4 Å². The summed E-state index contributed by atoms with van der Waals surface area (Å²) in [6, 6.07) is 13.8. The minimum absolute atomic E-state index is 0.126. The van der Waals surface area contributed by atoms with Crippen LogP contribution in [-0.2, 0) is 11.4 Å². The van der Waals surface area contributed by atoms with E-state index in [1.54, 1.807) is 0 Å². The number of nitrogens with zero attached hydrogens (tertiary/aromatic N) is 2. The molecule has 0 saturated carbocycles. The summed E-state index contributed by atoms with van der Waals surface area (Å²) in [4.78, 5) is 12.1. The first-order chi connectivity index (χ1) is 13.9.